The minimum atomic E-state index is 0.178. The zero-order valence-electron chi connectivity index (χ0n) is 12.1. The van der Waals surface area contributed by atoms with Crippen LogP contribution >= 0.6 is 0 Å². The highest BCUT2D eigenvalue weighted by Gasteiger charge is 2.13. The van der Waals surface area contributed by atoms with E-state index in [0.29, 0.717) is 0 Å². The summed E-state index contributed by atoms with van der Waals surface area (Å²) in [6, 6.07) is 12.3. The number of nitrogens with one attached hydrogen (secondary N) is 1. The third-order valence-electron chi connectivity index (χ3n) is 3.67. The highest BCUT2D eigenvalue weighted by molar-refractivity contribution is 5.82. The normalized spacial score (nSPS) is 12.9. The lowest BCUT2D eigenvalue weighted by atomic mass is 10.1. The van der Waals surface area contributed by atoms with E-state index in [1.165, 1.54) is 10.9 Å². The molecule has 0 fully saturated rings. The van der Waals surface area contributed by atoms with E-state index in [-0.39, 0.29) is 6.04 Å². The molecule has 1 unspecified atom stereocenters. The Labute approximate surface area is 118 Å². The summed E-state index contributed by atoms with van der Waals surface area (Å²) in [5, 5.41) is 4.67. The summed E-state index contributed by atoms with van der Waals surface area (Å²) in [5.74, 6) is 2.88. The molecule has 0 spiro atoms. The molecule has 104 valence electrons. The molecule has 2 heterocycles. The van der Waals surface area contributed by atoms with Crippen LogP contribution < -0.4 is 5.32 Å². The van der Waals surface area contributed by atoms with Crippen molar-refractivity contribution in [3.8, 4) is 0 Å². The number of furan rings is 2. The van der Waals surface area contributed by atoms with Crippen LogP contribution in [0.1, 0.15) is 35.8 Å². The van der Waals surface area contributed by atoms with Gasteiger partial charge in [0.05, 0.1) is 6.04 Å². The first-order valence-corrected chi connectivity index (χ1v) is 6.92. The Bertz CT molecular complexity index is 724. The zero-order valence-corrected chi connectivity index (χ0v) is 12.1. The predicted molar refractivity (Wildman–Crippen MR) is 79.7 cm³/mol. The molecule has 1 N–H and O–H groups in total. The lowest BCUT2D eigenvalue weighted by molar-refractivity contribution is 0.415. The van der Waals surface area contributed by atoms with Crippen molar-refractivity contribution in [2.75, 3.05) is 0 Å². The number of benzene rings is 1. The number of para-hydroxylation sites is 1. The molecular weight excluding hydrogens is 250 g/mol. The van der Waals surface area contributed by atoms with Gasteiger partial charge in [-0.25, -0.2) is 0 Å². The van der Waals surface area contributed by atoms with Gasteiger partial charge in [-0.05, 0) is 39.0 Å². The summed E-state index contributed by atoms with van der Waals surface area (Å²) in [6.07, 6.45) is 0. The van der Waals surface area contributed by atoms with Crippen LogP contribution in [0.2, 0.25) is 0 Å². The van der Waals surface area contributed by atoms with Gasteiger partial charge in [-0.3, -0.25) is 0 Å². The van der Waals surface area contributed by atoms with E-state index in [1.54, 1.807) is 0 Å². The molecule has 0 aliphatic heterocycles. The molecule has 3 rings (SSSR count). The summed E-state index contributed by atoms with van der Waals surface area (Å²) in [4.78, 5) is 0. The van der Waals surface area contributed by atoms with Gasteiger partial charge in [0.15, 0.2) is 0 Å². The first kappa shape index (κ1) is 13.0. The second kappa shape index (κ2) is 5.17. The number of hydrogen-bond donors (Lipinski definition) is 1. The van der Waals surface area contributed by atoms with Crippen LogP contribution in [0.25, 0.3) is 11.0 Å². The second-order valence-electron chi connectivity index (χ2n) is 5.18. The third-order valence-corrected chi connectivity index (χ3v) is 3.67. The van der Waals surface area contributed by atoms with Crippen LogP contribution in [-0.4, -0.2) is 0 Å². The number of rotatable bonds is 4. The molecule has 3 heteroatoms. The number of fused-ring (bicyclic) bond motifs is 1. The molecule has 1 aromatic carbocycles. The molecular formula is C17H19NO2. The molecule has 3 nitrogen and oxygen atoms in total. The smallest absolute Gasteiger partial charge is 0.134 e. The maximum absolute atomic E-state index is 5.78. The van der Waals surface area contributed by atoms with Gasteiger partial charge in [0, 0.05) is 17.5 Å². The fraction of sp³-hybridized carbons (Fsp3) is 0.294. The molecule has 0 bridgehead atoms. The topological polar surface area (TPSA) is 38.3 Å². The monoisotopic (exact) mass is 269 g/mol. The van der Waals surface area contributed by atoms with Crippen LogP contribution in [0, 0.1) is 13.8 Å². The van der Waals surface area contributed by atoms with Gasteiger partial charge in [0.25, 0.3) is 0 Å². The van der Waals surface area contributed by atoms with Crippen LogP contribution in [0.4, 0.5) is 0 Å². The van der Waals surface area contributed by atoms with E-state index in [1.807, 2.05) is 44.2 Å². The Morgan fingerprint density at radius 3 is 2.60 bits per heavy atom. The van der Waals surface area contributed by atoms with Crippen molar-refractivity contribution in [1.29, 1.82) is 0 Å². The fourth-order valence-corrected chi connectivity index (χ4v) is 2.48. The van der Waals surface area contributed by atoms with E-state index < -0.39 is 0 Å². The van der Waals surface area contributed by atoms with Crippen molar-refractivity contribution in [1.82, 2.24) is 5.32 Å². The molecule has 1 atom stereocenters. The Balaban J connectivity index is 1.78. The Kier molecular flexibility index (Phi) is 3.36. The zero-order chi connectivity index (χ0) is 14.1. The molecule has 0 aliphatic carbocycles. The largest absolute Gasteiger partial charge is 0.465 e. The average Bonchev–Trinajstić information content (AvgIpc) is 2.99. The maximum atomic E-state index is 5.78. The van der Waals surface area contributed by atoms with Gasteiger partial charge < -0.3 is 14.2 Å². The molecule has 0 saturated heterocycles. The first-order valence-electron chi connectivity index (χ1n) is 6.92. The van der Waals surface area contributed by atoms with Crippen LogP contribution in [-0.2, 0) is 6.54 Å². The lowest BCUT2D eigenvalue weighted by Gasteiger charge is -2.11. The summed E-state index contributed by atoms with van der Waals surface area (Å²) in [5.41, 5.74) is 2.17. The molecule has 3 aromatic rings. The van der Waals surface area contributed by atoms with Gasteiger partial charge >= 0.3 is 0 Å². The van der Waals surface area contributed by atoms with Crippen molar-refractivity contribution in [3.05, 3.63) is 59.2 Å². The summed E-state index contributed by atoms with van der Waals surface area (Å²) in [6.45, 7) is 6.85. The van der Waals surface area contributed by atoms with Crippen LogP contribution in [0.3, 0.4) is 0 Å². The minimum absolute atomic E-state index is 0.178. The Morgan fingerprint density at radius 2 is 1.85 bits per heavy atom. The van der Waals surface area contributed by atoms with Crippen molar-refractivity contribution in [2.24, 2.45) is 0 Å². The summed E-state index contributed by atoms with van der Waals surface area (Å²) in [7, 11) is 0. The quantitative estimate of drug-likeness (QED) is 0.758. The van der Waals surface area contributed by atoms with Crippen LogP contribution in [0.15, 0.2) is 45.2 Å². The maximum Gasteiger partial charge on any atom is 0.134 e. The SMILES string of the molecule is Cc1ccc(C(C)NCc2c(C)oc3ccccc23)o1. The summed E-state index contributed by atoms with van der Waals surface area (Å²) < 4.78 is 11.4. The Morgan fingerprint density at radius 1 is 1.05 bits per heavy atom. The molecule has 20 heavy (non-hydrogen) atoms. The van der Waals surface area contributed by atoms with Gasteiger partial charge in [0.2, 0.25) is 0 Å². The lowest BCUT2D eigenvalue weighted by Crippen LogP contribution is -2.17. The first-order chi connectivity index (χ1) is 9.65. The molecule has 2 aromatic heterocycles. The second-order valence-corrected chi connectivity index (χ2v) is 5.18. The van der Waals surface area contributed by atoms with Crippen molar-refractivity contribution in [3.63, 3.8) is 0 Å². The predicted octanol–water partition coefficient (Wildman–Crippen LogP) is 4.49. The molecule has 0 radical (unpaired) electrons. The molecule has 0 saturated carbocycles. The fourth-order valence-electron chi connectivity index (χ4n) is 2.48. The standard InChI is InChI=1S/C17H19NO2/c1-11-8-9-16(19-11)12(2)18-10-15-13(3)20-17-7-5-4-6-14(15)17/h4-9,12,18H,10H2,1-3H3. The van der Waals surface area contributed by atoms with Crippen LogP contribution in [0.5, 0.6) is 0 Å². The van der Waals surface area contributed by atoms with Gasteiger partial charge in [-0.2, -0.15) is 0 Å². The van der Waals surface area contributed by atoms with Gasteiger partial charge in [-0.15, -0.1) is 0 Å². The van der Waals surface area contributed by atoms with E-state index in [0.717, 1.165) is 29.4 Å². The molecule has 0 amide bonds. The highest BCUT2D eigenvalue weighted by Crippen LogP contribution is 2.26. The van der Waals surface area contributed by atoms with Crippen molar-refractivity contribution in [2.45, 2.75) is 33.4 Å². The minimum Gasteiger partial charge on any atom is -0.465 e. The van der Waals surface area contributed by atoms with E-state index in [4.69, 9.17) is 8.83 Å². The highest BCUT2D eigenvalue weighted by atomic mass is 16.3. The van der Waals surface area contributed by atoms with Gasteiger partial charge in [-0.1, -0.05) is 18.2 Å². The number of hydrogen-bond acceptors (Lipinski definition) is 3. The van der Waals surface area contributed by atoms with E-state index in [9.17, 15) is 0 Å². The Hall–Kier alpha value is -2.00. The van der Waals surface area contributed by atoms with E-state index in [2.05, 4.69) is 18.3 Å². The average molecular weight is 269 g/mol. The number of aryl methyl sites for hydroxylation is 2. The van der Waals surface area contributed by atoms with E-state index >= 15 is 0 Å². The van der Waals surface area contributed by atoms with Crippen molar-refractivity contribution >= 4 is 11.0 Å². The van der Waals surface area contributed by atoms with Crippen molar-refractivity contribution < 1.29 is 8.83 Å². The van der Waals surface area contributed by atoms with Gasteiger partial charge in [0.1, 0.15) is 22.9 Å². The summed E-state index contributed by atoms with van der Waals surface area (Å²) >= 11 is 0. The molecule has 0 aliphatic rings. The third kappa shape index (κ3) is 2.37.